The Bertz CT molecular complexity index is 236. The molecule has 0 aromatic rings. The number of hydrogen-bond donors (Lipinski definition) is 0. The molecule has 2 radical (unpaired) electrons. The smallest absolute Gasteiger partial charge is 0.166 e. The van der Waals surface area contributed by atoms with Crippen LogP contribution in [0, 0.1) is 0 Å². The molecule has 0 bridgehead atoms. The van der Waals surface area contributed by atoms with E-state index in [9.17, 15) is 13.2 Å². The van der Waals surface area contributed by atoms with Crippen LogP contribution in [0.5, 0.6) is 0 Å². The van der Waals surface area contributed by atoms with Gasteiger partial charge in [0.05, 0.1) is 7.85 Å². The molecular formula is C10H12BF3. The molecule has 0 saturated carbocycles. The van der Waals surface area contributed by atoms with Gasteiger partial charge in [0.15, 0.2) is 0 Å². The maximum atomic E-state index is 11.9. The monoisotopic (exact) mass is 200 g/mol. The van der Waals surface area contributed by atoms with Gasteiger partial charge in [0.1, 0.15) is 0 Å². The Kier molecular flexibility index (Phi) is 5.35. The van der Waals surface area contributed by atoms with Crippen LogP contribution in [0.15, 0.2) is 36.5 Å². The van der Waals surface area contributed by atoms with Crippen LogP contribution < -0.4 is 0 Å². The van der Waals surface area contributed by atoms with E-state index in [-0.39, 0.29) is 5.82 Å². The summed E-state index contributed by atoms with van der Waals surface area (Å²) in [6.45, 7) is 4.71. The van der Waals surface area contributed by atoms with Gasteiger partial charge in [-0.2, -0.15) is 13.2 Å². The molecule has 0 N–H and O–H groups in total. The first-order chi connectivity index (χ1) is 6.34. The number of hydrogen-bond acceptors (Lipinski definition) is 0. The molecule has 0 heterocycles. The maximum absolute atomic E-state index is 11.9. The van der Waals surface area contributed by atoms with Crippen LogP contribution in [0.4, 0.5) is 13.2 Å². The summed E-state index contributed by atoms with van der Waals surface area (Å²) in [7, 11) is 5.43. The molecule has 14 heavy (non-hydrogen) atoms. The number of rotatable bonds is 4. The first-order valence-electron chi connectivity index (χ1n) is 4.19. The lowest BCUT2D eigenvalue weighted by molar-refractivity contribution is -0.0878. The highest BCUT2D eigenvalue weighted by atomic mass is 19.4. The van der Waals surface area contributed by atoms with Gasteiger partial charge in [0, 0.05) is 5.57 Å². The minimum absolute atomic E-state index is 0.0190. The lowest BCUT2D eigenvalue weighted by atomic mass is 9.87. The second kappa shape index (κ2) is 5.73. The van der Waals surface area contributed by atoms with Crippen LogP contribution in [0.1, 0.15) is 13.3 Å². The number of allylic oxidation sites excluding steroid dienone is 5. The first-order valence-corrected chi connectivity index (χ1v) is 4.19. The normalized spacial score (nSPS) is 15.1. The van der Waals surface area contributed by atoms with Crippen LogP contribution in [0.25, 0.3) is 0 Å². The van der Waals surface area contributed by atoms with E-state index in [0.717, 1.165) is 6.08 Å². The van der Waals surface area contributed by atoms with Crippen molar-refractivity contribution in [3.63, 3.8) is 0 Å². The minimum atomic E-state index is -4.34. The van der Waals surface area contributed by atoms with Crippen LogP contribution in [-0.4, -0.2) is 14.0 Å². The molecular weight excluding hydrogens is 188 g/mol. The zero-order valence-electron chi connectivity index (χ0n) is 8.01. The third-order valence-corrected chi connectivity index (χ3v) is 1.42. The van der Waals surface area contributed by atoms with Crippen molar-refractivity contribution in [1.29, 1.82) is 0 Å². The molecule has 1 atom stereocenters. The molecule has 0 amide bonds. The van der Waals surface area contributed by atoms with E-state index >= 15 is 0 Å². The Morgan fingerprint density at radius 1 is 1.43 bits per heavy atom. The average Bonchev–Trinajstić information content (AvgIpc) is 2.01. The van der Waals surface area contributed by atoms with Crippen molar-refractivity contribution in [2.24, 2.45) is 0 Å². The van der Waals surface area contributed by atoms with Gasteiger partial charge in [-0.3, -0.25) is 0 Å². The van der Waals surface area contributed by atoms with Crippen LogP contribution in [0.3, 0.4) is 0 Å². The second-order valence-corrected chi connectivity index (χ2v) is 3.02. The number of halogens is 3. The predicted octanol–water partition coefficient (Wildman–Crippen LogP) is 3.58. The van der Waals surface area contributed by atoms with Crippen molar-refractivity contribution >= 4 is 7.85 Å². The fraction of sp³-hybridized carbons (Fsp3) is 0.400. The second-order valence-electron chi connectivity index (χ2n) is 3.02. The Balaban J connectivity index is 3.96. The largest absolute Gasteiger partial charge is 0.415 e. The van der Waals surface area contributed by atoms with Gasteiger partial charge in [-0.25, -0.2) is 0 Å². The van der Waals surface area contributed by atoms with E-state index in [1.54, 1.807) is 6.08 Å². The van der Waals surface area contributed by atoms with Gasteiger partial charge in [-0.05, 0) is 6.42 Å². The third-order valence-electron chi connectivity index (χ3n) is 1.42. The fourth-order valence-corrected chi connectivity index (χ4v) is 0.638. The van der Waals surface area contributed by atoms with Gasteiger partial charge in [-0.15, -0.1) is 0 Å². The highest BCUT2D eigenvalue weighted by Gasteiger charge is 2.29. The zero-order chi connectivity index (χ0) is 11.2. The van der Waals surface area contributed by atoms with Crippen molar-refractivity contribution in [2.45, 2.75) is 25.3 Å². The Morgan fingerprint density at radius 3 is 2.43 bits per heavy atom. The summed E-state index contributed by atoms with van der Waals surface area (Å²) in [6, 6.07) is 0. The molecule has 0 rings (SSSR count). The highest BCUT2D eigenvalue weighted by molar-refractivity contribution is 6.11. The maximum Gasteiger partial charge on any atom is 0.415 e. The molecule has 76 valence electrons. The van der Waals surface area contributed by atoms with E-state index in [4.69, 9.17) is 7.85 Å². The van der Waals surface area contributed by atoms with E-state index in [1.807, 2.05) is 6.92 Å². The summed E-state index contributed by atoms with van der Waals surface area (Å²) in [4.78, 5) is 0. The molecule has 0 aromatic heterocycles. The molecule has 1 unspecified atom stereocenters. The molecule has 0 saturated heterocycles. The summed E-state index contributed by atoms with van der Waals surface area (Å²) in [5, 5.41) is 0. The average molecular weight is 200 g/mol. The van der Waals surface area contributed by atoms with Crippen molar-refractivity contribution in [1.82, 2.24) is 0 Å². The SMILES string of the molecule is [B]C(C)C/C=C\C=C/C(=C)C(F)(F)F. The lowest BCUT2D eigenvalue weighted by Crippen LogP contribution is -2.08. The highest BCUT2D eigenvalue weighted by Crippen LogP contribution is 2.24. The van der Waals surface area contributed by atoms with Gasteiger partial charge in [0.2, 0.25) is 0 Å². The molecule has 0 fully saturated rings. The van der Waals surface area contributed by atoms with Crippen molar-refractivity contribution in [2.75, 3.05) is 0 Å². The predicted molar refractivity (Wildman–Crippen MR) is 53.3 cm³/mol. The Morgan fingerprint density at radius 2 is 2.00 bits per heavy atom. The van der Waals surface area contributed by atoms with Crippen molar-refractivity contribution < 1.29 is 13.2 Å². The topological polar surface area (TPSA) is 0 Å². The molecule has 0 aliphatic carbocycles. The van der Waals surface area contributed by atoms with Gasteiger partial charge >= 0.3 is 6.18 Å². The van der Waals surface area contributed by atoms with Gasteiger partial charge in [-0.1, -0.05) is 43.6 Å². The minimum Gasteiger partial charge on any atom is -0.166 e. The molecule has 0 spiro atoms. The van der Waals surface area contributed by atoms with Crippen LogP contribution in [-0.2, 0) is 0 Å². The summed E-state index contributed by atoms with van der Waals surface area (Å²) >= 11 is 0. The fourth-order valence-electron chi connectivity index (χ4n) is 0.638. The summed E-state index contributed by atoms with van der Waals surface area (Å²) in [5.74, 6) is 0.0190. The standard InChI is InChI=1S/C10H12BF3/c1-8(10(12,13)14)6-4-3-5-7-9(2)11/h3-6,9H,1,7H2,2H3/b5-3-,6-4-. The first kappa shape index (κ1) is 13.1. The molecule has 0 aromatic carbocycles. The number of alkyl halides is 3. The van der Waals surface area contributed by atoms with Crippen molar-refractivity contribution in [3.05, 3.63) is 36.5 Å². The molecule has 4 heteroatoms. The van der Waals surface area contributed by atoms with E-state index in [0.29, 0.717) is 6.42 Å². The van der Waals surface area contributed by atoms with Crippen molar-refractivity contribution in [3.8, 4) is 0 Å². The quantitative estimate of drug-likeness (QED) is 0.480. The van der Waals surface area contributed by atoms with Crippen LogP contribution >= 0.6 is 0 Å². The molecule has 0 nitrogen and oxygen atoms in total. The Hall–Kier alpha value is -0.925. The van der Waals surface area contributed by atoms with Gasteiger partial charge < -0.3 is 0 Å². The zero-order valence-corrected chi connectivity index (χ0v) is 8.01. The molecule has 0 aliphatic rings. The van der Waals surface area contributed by atoms with Gasteiger partial charge in [0.25, 0.3) is 0 Å². The summed E-state index contributed by atoms with van der Waals surface area (Å²) < 4.78 is 35.7. The Labute approximate surface area is 83.6 Å². The lowest BCUT2D eigenvalue weighted by Gasteiger charge is -2.03. The van der Waals surface area contributed by atoms with E-state index in [2.05, 4.69) is 6.58 Å². The molecule has 0 aliphatic heterocycles. The van der Waals surface area contributed by atoms with E-state index in [1.165, 1.54) is 12.2 Å². The van der Waals surface area contributed by atoms with E-state index < -0.39 is 11.7 Å². The summed E-state index contributed by atoms with van der Waals surface area (Å²) in [5.41, 5.74) is -0.858. The summed E-state index contributed by atoms with van der Waals surface area (Å²) in [6.07, 6.45) is 1.77. The third kappa shape index (κ3) is 6.58. The van der Waals surface area contributed by atoms with Crippen LogP contribution in [0.2, 0.25) is 5.82 Å².